The number of rotatable bonds is 5. The molecule has 3 aromatic rings. The summed E-state index contributed by atoms with van der Waals surface area (Å²) >= 11 is 5.84. The van der Waals surface area contributed by atoms with Crippen molar-refractivity contribution in [3.05, 3.63) is 88.7 Å². The van der Waals surface area contributed by atoms with Crippen molar-refractivity contribution < 1.29 is 9.59 Å². The highest BCUT2D eigenvalue weighted by Crippen LogP contribution is 2.17. The van der Waals surface area contributed by atoms with Crippen LogP contribution in [0.25, 0.3) is 0 Å². The van der Waals surface area contributed by atoms with E-state index in [4.69, 9.17) is 11.6 Å². The maximum absolute atomic E-state index is 12.5. The van der Waals surface area contributed by atoms with Gasteiger partial charge in [0.15, 0.2) is 0 Å². The molecular weight excluding hydrogens is 362 g/mol. The zero-order valence-corrected chi connectivity index (χ0v) is 15.5. The molecule has 2 aromatic carbocycles. The van der Waals surface area contributed by atoms with E-state index in [1.165, 1.54) is 12.3 Å². The van der Waals surface area contributed by atoms with Gasteiger partial charge < -0.3 is 10.6 Å². The van der Waals surface area contributed by atoms with Crippen molar-refractivity contribution in [3.8, 4) is 0 Å². The third-order valence-electron chi connectivity index (χ3n) is 4.00. The van der Waals surface area contributed by atoms with Crippen LogP contribution in [-0.4, -0.2) is 16.8 Å². The number of para-hydroxylation sites is 1. The fourth-order valence-electron chi connectivity index (χ4n) is 2.57. The molecule has 2 amide bonds. The van der Waals surface area contributed by atoms with Crippen LogP contribution in [0.5, 0.6) is 0 Å². The fraction of sp³-hybridized carbons (Fsp3) is 0.0952. The Morgan fingerprint density at radius 2 is 1.70 bits per heavy atom. The van der Waals surface area contributed by atoms with Gasteiger partial charge in [-0.3, -0.25) is 14.6 Å². The average Bonchev–Trinajstić information content (AvgIpc) is 2.70. The molecule has 3 rings (SSSR count). The summed E-state index contributed by atoms with van der Waals surface area (Å²) in [6.07, 6.45) is 2.24. The van der Waals surface area contributed by atoms with Crippen LogP contribution in [0.2, 0.25) is 5.02 Å². The summed E-state index contributed by atoms with van der Waals surface area (Å²) in [6.45, 7) is 2.02. The minimum absolute atomic E-state index is 0.171. The van der Waals surface area contributed by atoms with Crippen LogP contribution in [0.3, 0.4) is 0 Å². The third-order valence-corrected chi connectivity index (χ3v) is 4.26. The Kier molecular flexibility index (Phi) is 5.84. The lowest BCUT2D eigenvalue weighted by Gasteiger charge is -2.10. The summed E-state index contributed by atoms with van der Waals surface area (Å²) in [7, 11) is 0. The number of hydrogen-bond donors (Lipinski definition) is 2. The van der Waals surface area contributed by atoms with Gasteiger partial charge in [-0.2, -0.15) is 0 Å². The van der Waals surface area contributed by atoms with Gasteiger partial charge >= 0.3 is 0 Å². The number of pyridine rings is 1. The van der Waals surface area contributed by atoms with E-state index in [0.717, 1.165) is 17.7 Å². The van der Waals surface area contributed by atoms with E-state index in [9.17, 15) is 9.59 Å². The number of halogens is 1. The highest BCUT2D eigenvalue weighted by Gasteiger charge is 2.13. The smallest absolute Gasteiger partial charge is 0.274 e. The van der Waals surface area contributed by atoms with Gasteiger partial charge in [-0.25, -0.2) is 0 Å². The second-order valence-corrected chi connectivity index (χ2v) is 6.29. The van der Waals surface area contributed by atoms with E-state index in [1.54, 1.807) is 30.3 Å². The van der Waals surface area contributed by atoms with Gasteiger partial charge in [0.05, 0.1) is 0 Å². The van der Waals surface area contributed by atoms with Crippen molar-refractivity contribution in [2.75, 3.05) is 10.6 Å². The summed E-state index contributed by atoms with van der Waals surface area (Å²) in [5.74, 6) is -0.695. The van der Waals surface area contributed by atoms with Crippen molar-refractivity contribution >= 4 is 34.8 Å². The number of aromatic nitrogens is 1. The van der Waals surface area contributed by atoms with E-state index in [1.807, 2.05) is 31.2 Å². The molecule has 27 heavy (non-hydrogen) atoms. The Hall–Kier alpha value is -3.18. The molecule has 6 heteroatoms. The van der Waals surface area contributed by atoms with Gasteiger partial charge in [-0.15, -0.1) is 0 Å². The fourth-order valence-corrected chi connectivity index (χ4v) is 2.70. The second kappa shape index (κ2) is 8.47. The molecule has 0 fully saturated rings. The van der Waals surface area contributed by atoms with Crippen LogP contribution < -0.4 is 10.6 Å². The quantitative estimate of drug-likeness (QED) is 0.668. The molecule has 2 N–H and O–H groups in total. The number of hydrogen-bond acceptors (Lipinski definition) is 3. The van der Waals surface area contributed by atoms with E-state index in [0.29, 0.717) is 16.3 Å². The van der Waals surface area contributed by atoms with Gasteiger partial charge in [-0.05, 0) is 54.4 Å². The van der Waals surface area contributed by atoms with Gasteiger partial charge in [-0.1, -0.05) is 36.7 Å². The van der Waals surface area contributed by atoms with Crippen LogP contribution in [0.4, 0.5) is 11.4 Å². The van der Waals surface area contributed by atoms with Crippen molar-refractivity contribution in [1.29, 1.82) is 0 Å². The van der Waals surface area contributed by atoms with Crippen LogP contribution in [0, 0.1) is 0 Å². The number of nitrogens with one attached hydrogen (secondary N) is 2. The first-order valence-corrected chi connectivity index (χ1v) is 8.87. The molecule has 0 radical (unpaired) electrons. The molecule has 0 saturated carbocycles. The van der Waals surface area contributed by atoms with Crippen molar-refractivity contribution in [1.82, 2.24) is 4.98 Å². The van der Waals surface area contributed by atoms with Gasteiger partial charge in [0.2, 0.25) is 0 Å². The molecule has 0 spiro atoms. The van der Waals surface area contributed by atoms with Crippen LogP contribution in [0.1, 0.15) is 33.3 Å². The first-order chi connectivity index (χ1) is 13.1. The zero-order valence-electron chi connectivity index (χ0n) is 14.7. The standard InChI is InChI=1S/C21H18ClN3O2/c1-2-14-5-3-4-6-18(14)25-21(27)19-13-15(11-12-23-19)20(26)24-17-9-7-16(22)8-10-17/h3-13H,2H2,1H3,(H,24,26)(H,25,27). The Bertz CT molecular complexity index is 971. The first kappa shape index (κ1) is 18.6. The lowest BCUT2D eigenvalue weighted by molar-refractivity contribution is 0.102. The molecular formula is C21H18ClN3O2. The number of aryl methyl sites for hydroxylation is 1. The number of benzene rings is 2. The number of carbonyl (C=O) groups is 2. The molecule has 136 valence electrons. The van der Waals surface area contributed by atoms with Crippen molar-refractivity contribution in [2.45, 2.75) is 13.3 Å². The van der Waals surface area contributed by atoms with Gasteiger partial charge in [0.1, 0.15) is 5.69 Å². The average molecular weight is 380 g/mol. The Morgan fingerprint density at radius 3 is 2.44 bits per heavy atom. The summed E-state index contributed by atoms with van der Waals surface area (Å²) in [4.78, 5) is 29.0. The number of carbonyl (C=O) groups excluding carboxylic acids is 2. The minimum atomic E-state index is -0.364. The minimum Gasteiger partial charge on any atom is -0.322 e. The molecule has 0 saturated heterocycles. The largest absolute Gasteiger partial charge is 0.322 e. The highest BCUT2D eigenvalue weighted by atomic mass is 35.5. The third kappa shape index (κ3) is 4.71. The van der Waals surface area contributed by atoms with E-state index in [2.05, 4.69) is 15.6 Å². The number of anilines is 2. The molecule has 0 aliphatic rings. The highest BCUT2D eigenvalue weighted by molar-refractivity contribution is 6.30. The summed E-state index contributed by atoms with van der Waals surface area (Å²) < 4.78 is 0. The maximum Gasteiger partial charge on any atom is 0.274 e. The maximum atomic E-state index is 12.5. The predicted molar refractivity (Wildman–Crippen MR) is 107 cm³/mol. The molecule has 5 nitrogen and oxygen atoms in total. The van der Waals surface area contributed by atoms with Crippen LogP contribution >= 0.6 is 11.6 Å². The lowest BCUT2D eigenvalue weighted by Crippen LogP contribution is -2.17. The molecule has 0 aliphatic carbocycles. The summed E-state index contributed by atoms with van der Waals surface area (Å²) in [6, 6.07) is 17.4. The van der Waals surface area contributed by atoms with Crippen molar-refractivity contribution in [2.24, 2.45) is 0 Å². The predicted octanol–water partition coefficient (Wildman–Crippen LogP) is 4.80. The Morgan fingerprint density at radius 1 is 0.963 bits per heavy atom. The number of nitrogens with zero attached hydrogens (tertiary/aromatic N) is 1. The summed E-state index contributed by atoms with van der Waals surface area (Å²) in [5.41, 5.74) is 2.90. The van der Waals surface area contributed by atoms with E-state index < -0.39 is 0 Å². The molecule has 0 aliphatic heterocycles. The molecule has 0 unspecified atom stereocenters. The number of amides is 2. The summed E-state index contributed by atoms with van der Waals surface area (Å²) in [5, 5.41) is 6.20. The normalized spacial score (nSPS) is 10.3. The monoisotopic (exact) mass is 379 g/mol. The van der Waals surface area contributed by atoms with Gasteiger partial charge in [0, 0.05) is 28.2 Å². The van der Waals surface area contributed by atoms with Crippen molar-refractivity contribution in [3.63, 3.8) is 0 Å². The van der Waals surface area contributed by atoms with E-state index in [-0.39, 0.29) is 17.5 Å². The molecule has 0 atom stereocenters. The molecule has 0 bridgehead atoms. The molecule has 1 heterocycles. The zero-order chi connectivity index (χ0) is 19.2. The topological polar surface area (TPSA) is 71.1 Å². The van der Waals surface area contributed by atoms with Crippen LogP contribution in [-0.2, 0) is 6.42 Å². The van der Waals surface area contributed by atoms with Crippen LogP contribution in [0.15, 0.2) is 66.9 Å². The second-order valence-electron chi connectivity index (χ2n) is 5.86. The Balaban J connectivity index is 1.75. The Labute approximate surface area is 162 Å². The SMILES string of the molecule is CCc1ccccc1NC(=O)c1cc(C(=O)Nc2ccc(Cl)cc2)ccn1. The lowest BCUT2D eigenvalue weighted by atomic mass is 10.1. The molecule has 1 aromatic heterocycles. The van der Waals surface area contributed by atoms with Gasteiger partial charge in [0.25, 0.3) is 11.8 Å². The first-order valence-electron chi connectivity index (χ1n) is 8.49. The van der Waals surface area contributed by atoms with E-state index >= 15 is 0 Å².